The Kier molecular flexibility index (Phi) is 6.74. The Morgan fingerprint density at radius 3 is 2.45 bits per heavy atom. The first-order chi connectivity index (χ1) is 16.0. The van der Waals surface area contributed by atoms with Crippen molar-refractivity contribution in [1.82, 2.24) is 5.32 Å². The number of hydrogen-bond acceptors (Lipinski definition) is 5. The lowest BCUT2D eigenvalue weighted by Gasteiger charge is -2.27. The highest BCUT2D eigenvalue weighted by Gasteiger charge is 2.45. The normalized spacial score (nSPS) is 17.6. The van der Waals surface area contributed by atoms with Crippen LogP contribution in [-0.4, -0.2) is 25.0 Å². The molecule has 3 amide bonds. The van der Waals surface area contributed by atoms with Gasteiger partial charge in [-0.25, -0.2) is 4.79 Å². The van der Waals surface area contributed by atoms with Crippen LogP contribution in [0.2, 0.25) is 0 Å². The number of rotatable bonds is 6. The molecule has 1 saturated heterocycles. The Labute approximate surface area is 196 Å². The molecule has 0 spiro atoms. The lowest BCUT2D eigenvalue weighted by atomic mass is 9.97. The van der Waals surface area contributed by atoms with E-state index in [0.717, 1.165) is 21.7 Å². The Hall–Kier alpha value is -3.65. The minimum atomic E-state index is -0.542. The maximum absolute atomic E-state index is 13.2. The number of aryl methyl sites for hydroxylation is 1. The molecule has 33 heavy (non-hydrogen) atoms. The molecule has 0 aliphatic carbocycles. The number of nitrogens with one attached hydrogen (secondary N) is 2. The van der Waals surface area contributed by atoms with Gasteiger partial charge in [0.05, 0.1) is 19.1 Å². The summed E-state index contributed by atoms with van der Waals surface area (Å²) in [7, 11) is 1.30. The zero-order chi connectivity index (χ0) is 23.4. The third-order valence-electron chi connectivity index (χ3n) is 5.66. The summed E-state index contributed by atoms with van der Waals surface area (Å²) in [6.45, 7) is 2.32. The van der Waals surface area contributed by atoms with Crippen LogP contribution >= 0.6 is 11.3 Å². The monoisotopic (exact) mass is 463 g/mol. The number of carbonyl (C=O) groups is 3. The second kappa shape index (κ2) is 9.87. The topological polar surface area (TPSA) is 87.7 Å². The molecule has 1 aliphatic rings. The van der Waals surface area contributed by atoms with Crippen molar-refractivity contribution in [2.75, 3.05) is 17.3 Å². The van der Waals surface area contributed by atoms with Gasteiger partial charge in [-0.3, -0.25) is 14.9 Å². The maximum Gasteiger partial charge on any atom is 0.411 e. The van der Waals surface area contributed by atoms with Crippen molar-refractivity contribution in [2.45, 2.75) is 25.9 Å². The SMILES string of the molecule is COC(=O)Nc1ccc(CNC(=O)C2CC(=O)N(c3ccc(C)cc3)C2c2cccs2)cc1. The summed E-state index contributed by atoms with van der Waals surface area (Å²) in [5.74, 6) is -0.707. The van der Waals surface area contributed by atoms with Gasteiger partial charge in [-0.15, -0.1) is 11.3 Å². The van der Waals surface area contributed by atoms with Crippen molar-refractivity contribution >= 4 is 40.6 Å². The van der Waals surface area contributed by atoms with Gasteiger partial charge in [0.15, 0.2) is 0 Å². The molecule has 170 valence electrons. The quantitative estimate of drug-likeness (QED) is 0.557. The number of ether oxygens (including phenoxy) is 1. The van der Waals surface area contributed by atoms with Crippen molar-refractivity contribution in [1.29, 1.82) is 0 Å². The van der Waals surface area contributed by atoms with Crippen molar-refractivity contribution in [3.05, 3.63) is 82.0 Å². The lowest BCUT2D eigenvalue weighted by molar-refractivity contribution is -0.126. The number of hydrogen-bond donors (Lipinski definition) is 2. The fourth-order valence-corrected chi connectivity index (χ4v) is 4.84. The van der Waals surface area contributed by atoms with Crippen LogP contribution in [-0.2, 0) is 20.9 Å². The van der Waals surface area contributed by atoms with E-state index in [2.05, 4.69) is 15.4 Å². The number of amides is 3. The van der Waals surface area contributed by atoms with Crippen LogP contribution in [0.3, 0.4) is 0 Å². The fraction of sp³-hybridized carbons (Fsp3) is 0.240. The van der Waals surface area contributed by atoms with Crippen LogP contribution in [0.15, 0.2) is 66.0 Å². The predicted octanol–water partition coefficient (Wildman–Crippen LogP) is 4.65. The molecule has 2 heterocycles. The van der Waals surface area contributed by atoms with Crippen LogP contribution in [0.4, 0.5) is 16.2 Å². The van der Waals surface area contributed by atoms with E-state index in [0.29, 0.717) is 12.2 Å². The molecule has 2 atom stereocenters. The molecule has 1 fully saturated rings. The van der Waals surface area contributed by atoms with Crippen LogP contribution in [0, 0.1) is 12.8 Å². The second-order valence-electron chi connectivity index (χ2n) is 7.90. The number of thiophene rings is 1. The smallest absolute Gasteiger partial charge is 0.411 e. The standard InChI is InChI=1S/C25H25N3O4S/c1-16-5-11-19(12-6-16)28-22(29)14-20(23(28)21-4-3-13-33-21)24(30)26-15-17-7-9-18(10-8-17)27-25(31)32-2/h3-13,20,23H,14-15H2,1-2H3,(H,26,30)(H,27,31). The molecule has 2 aromatic carbocycles. The summed E-state index contributed by atoms with van der Waals surface area (Å²) in [4.78, 5) is 40.2. The van der Waals surface area contributed by atoms with Gasteiger partial charge in [0.1, 0.15) is 0 Å². The molecule has 2 unspecified atom stereocenters. The Balaban J connectivity index is 1.48. The molecule has 8 heteroatoms. The maximum atomic E-state index is 13.2. The van der Waals surface area contributed by atoms with Gasteiger partial charge in [0, 0.05) is 29.2 Å². The van der Waals surface area contributed by atoms with Gasteiger partial charge < -0.3 is 15.0 Å². The van der Waals surface area contributed by atoms with Crippen molar-refractivity contribution in [2.24, 2.45) is 5.92 Å². The Morgan fingerprint density at radius 1 is 1.09 bits per heavy atom. The van der Waals surface area contributed by atoms with E-state index in [9.17, 15) is 14.4 Å². The van der Waals surface area contributed by atoms with Gasteiger partial charge in [-0.05, 0) is 48.2 Å². The number of benzene rings is 2. The summed E-state index contributed by atoms with van der Waals surface area (Å²) < 4.78 is 4.58. The van der Waals surface area contributed by atoms with Crippen molar-refractivity contribution in [3.63, 3.8) is 0 Å². The molecule has 7 nitrogen and oxygen atoms in total. The molecule has 0 radical (unpaired) electrons. The average molecular weight is 464 g/mol. The molecular weight excluding hydrogens is 438 g/mol. The highest BCUT2D eigenvalue weighted by Crippen LogP contribution is 2.43. The van der Waals surface area contributed by atoms with E-state index in [1.165, 1.54) is 7.11 Å². The third kappa shape index (κ3) is 5.06. The summed E-state index contributed by atoms with van der Waals surface area (Å²) in [6, 6.07) is 18.5. The Bertz CT molecular complexity index is 1130. The van der Waals surface area contributed by atoms with Gasteiger partial charge in [0.25, 0.3) is 0 Å². The predicted molar refractivity (Wildman–Crippen MR) is 128 cm³/mol. The molecule has 2 N–H and O–H groups in total. The average Bonchev–Trinajstić information content (AvgIpc) is 3.46. The van der Waals surface area contributed by atoms with Gasteiger partial charge in [-0.1, -0.05) is 35.9 Å². The van der Waals surface area contributed by atoms with E-state index < -0.39 is 12.0 Å². The van der Waals surface area contributed by atoms with Crippen molar-refractivity contribution in [3.8, 4) is 0 Å². The van der Waals surface area contributed by atoms with Crippen LogP contribution in [0.25, 0.3) is 0 Å². The van der Waals surface area contributed by atoms with Crippen LogP contribution in [0.5, 0.6) is 0 Å². The largest absolute Gasteiger partial charge is 0.453 e. The first kappa shape index (κ1) is 22.5. The highest BCUT2D eigenvalue weighted by atomic mass is 32.1. The Morgan fingerprint density at radius 2 is 1.82 bits per heavy atom. The van der Waals surface area contributed by atoms with Gasteiger partial charge in [-0.2, -0.15) is 0 Å². The summed E-state index contributed by atoms with van der Waals surface area (Å²) in [5, 5.41) is 7.53. The molecule has 3 aromatic rings. The summed E-state index contributed by atoms with van der Waals surface area (Å²) >= 11 is 1.55. The number of nitrogens with zero attached hydrogens (tertiary/aromatic N) is 1. The molecule has 1 aromatic heterocycles. The highest BCUT2D eigenvalue weighted by molar-refractivity contribution is 7.10. The van der Waals surface area contributed by atoms with Crippen LogP contribution < -0.4 is 15.5 Å². The zero-order valence-electron chi connectivity index (χ0n) is 18.4. The van der Waals surface area contributed by atoms with Gasteiger partial charge in [0.2, 0.25) is 11.8 Å². The van der Waals surface area contributed by atoms with Crippen LogP contribution in [0.1, 0.15) is 28.5 Å². The van der Waals surface area contributed by atoms with E-state index in [1.807, 2.05) is 60.8 Å². The fourth-order valence-electron chi connectivity index (χ4n) is 3.96. The third-order valence-corrected chi connectivity index (χ3v) is 6.60. The first-order valence-electron chi connectivity index (χ1n) is 10.6. The zero-order valence-corrected chi connectivity index (χ0v) is 19.2. The minimum Gasteiger partial charge on any atom is -0.453 e. The van der Waals surface area contributed by atoms with E-state index in [4.69, 9.17) is 0 Å². The van der Waals surface area contributed by atoms with E-state index in [-0.39, 0.29) is 24.3 Å². The second-order valence-corrected chi connectivity index (χ2v) is 8.88. The molecule has 4 rings (SSSR count). The molecule has 0 bridgehead atoms. The lowest BCUT2D eigenvalue weighted by Crippen LogP contribution is -2.35. The van der Waals surface area contributed by atoms with E-state index in [1.54, 1.807) is 28.4 Å². The first-order valence-corrected chi connectivity index (χ1v) is 11.5. The molecule has 0 saturated carbocycles. The molecule has 1 aliphatic heterocycles. The minimum absolute atomic E-state index is 0.0596. The van der Waals surface area contributed by atoms with Crippen molar-refractivity contribution < 1.29 is 19.1 Å². The summed E-state index contributed by atoms with van der Waals surface area (Å²) in [5.41, 5.74) is 3.39. The summed E-state index contributed by atoms with van der Waals surface area (Å²) in [6.07, 6.45) is -0.385. The number of anilines is 2. The van der Waals surface area contributed by atoms with Gasteiger partial charge >= 0.3 is 6.09 Å². The van der Waals surface area contributed by atoms with E-state index >= 15 is 0 Å². The number of carbonyl (C=O) groups excluding carboxylic acids is 3. The number of methoxy groups -OCH3 is 1. The molecular formula is C25H25N3O4S.